The molecule has 0 amide bonds. The highest BCUT2D eigenvalue weighted by molar-refractivity contribution is 6.44. The number of aliphatic hydroxyl groups excluding tert-OH is 1. The Labute approximate surface area is 156 Å². The van der Waals surface area contributed by atoms with E-state index in [1.165, 1.54) is 13.0 Å². The molecular weight excluding hydrogens is 362 g/mol. The fraction of sp³-hybridized carbons (Fsp3) is 0.700. The lowest BCUT2D eigenvalue weighted by Crippen LogP contribution is -2.68. The van der Waals surface area contributed by atoms with E-state index in [0.29, 0.717) is 6.42 Å². The molecule has 0 radical (unpaired) electrons. The summed E-state index contributed by atoms with van der Waals surface area (Å²) in [6.45, 7) is 5.11. The van der Waals surface area contributed by atoms with E-state index in [2.05, 4.69) is 0 Å². The van der Waals surface area contributed by atoms with Crippen LogP contribution < -0.4 is 0 Å². The highest BCUT2D eigenvalue weighted by Crippen LogP contribution is 2.68. The van der Waals surface area contributed by atoms with Gasteiger partial charge in [-0.2, -0.15) is 0 Å². The molecule has 0 aromatic heterocycles. The molecule has 0 unspecified atom stereocenters. The highest BCUT2D eigenvalue weighted by Gasteiger charge is 2.72. The second-order valence-electron chi connectivity index (χ2n) is 8.98. The van der Waals surface area contributed by atoms with Gasteiger partial charge in [0.25, 0.3) is 0 Å². The first kappa shape index (κ1) is 18.3. The fourth-order valence-electron chi connectivity index (χ4n) is 6.38. The normalized spacial score (nSPS) is 53.4. The lowest BCUT2D eigenvalue weighted by molar-refractivity contribution is -0.196. The number of alkyl halides is 2. The van der Waals surface area contributed by atoms with Crippen molar-refractivity contribution in [1.82, 2.24) is 0 Å². The fourth-order valence-corrected chi connectivity index (χ4v) is 6.65. The van der Waals surface area contributed by atoms with Crippen molar-refractivity contribution in [1.29, 1.82) is 0 Å². The van der Waals surface area contributed by atoms with Crippen molar-refractivity contribution < 1.29 is 23.5 Å². The monoisotopic (exact) mass is 384 g/mol. The van der Waals surface area contributed by atoms with Crippen LogP contribution in [0.25, 0.3) is 0 Å². The number of ketones is 2. The number of carbonyl (C=O) groups excluding carboxylic acids is 2. The molecule has 0 spiro atoms. The SMILES string of the molecule is C[C@@H]1C[C@H]2[C@@H]3C[C@H](F)C4=CC(=O)C(Cl)=C[C@]4(C)[C@@]3(F)[C@@H](O)C[C@]2(C)C1=O. The predicted molar refractivity (Wildman–Crippen MR) is 93.0 cm³/mol. The van der Waals surface area contributed by atoms with E-state index in [0.717, 1.165) is 6.08 Å². The zero-order chi connectivity index (χ0) is 19.2. The zero-order valence-corrected chi connectivity index (χ0v) is 15.8. The van der Waals surface area contributed by atoms with Crippen molar-refractivity contribution in [3.63, 3.8) is 0 Å². The van der Waals surface area contributed by atoms with Gasteiger partial charge >= 0.3 is 0 Å². The summed E-state index contributed by atoms with van der Waals surface area (Å²) in [6, 6.07) is 0. The summed E-state index contributed by atoms with van der Waals surface area (Å²) in [7, 11) is 0. The number of rotatable bonds is 0. The van der Waals surface area contributed by atoms with Gasteiger partial charge in [0.2, 0.25) is 0 Å². The lowest BCUT2D eigenvalue weighted by Gasteiger charge is -2.61. The summed E-state index contributed by atoms with van der Waals surface area (Å²) in [5, 5.41) is 10.7. The second kappa shape index (κ2) is 5.26. The Bertz CT molecular complexity index is 777. The Morgan fingerprint density at radius 3 is 2.54 bits per heavy atom. The van der Waals surface area contributed by atoms with Crippen molar-refractivity contribution in [2.24, 2.45) is 28.6 Å². The molecule has 8 atom stereocenters. The second-order valence-corrected chi connectivity index (χ2v) is 9.39. The van der Waals surface area contributed by atoms with E-state index < -0.39 is 40.5 Å². The van der Waals surface area contributed by atoms with Gasteiger partial charge in [-0.05, 0) is 49.8 Å². The molecule has 0 heterocycles. The standard InChI is InChI=1S/C20H23ClF2O3/c1-9-4-10-11-5-14(22)12-6-15(24)13(21)7-19(12,3)20(11,23)16(25)8-18(10,2)17(9)26/h6-7,9-11,14,16,25H,4-5,8H2,1-3H3/t9-,10+,11+,14+,16+,18+,19+,20+/m1/s1. The molecule has 0 aromatic carbocycles. The van der Waals surface area contributed by atoms with Crippen LogP contribution in [0.3, 0.4) is 0 Å². The zero-order valence-electron chi connectivity index (χ0n) is 15.1. The van der Waals surface area contributed by atoms with Crippen molar-refractivity contribution in [2.45, 2.75) is 58.0 Å². The average Bonchev–Trinajstić information content (AvgIpc) is 2.77. The molecule has 4 rings (SSSR count). The van der Waals surface area contributed by atoms with E-state index in [4.69, 9.17) is 11.6 Å². The number of allylic oxidation sites excluding steroid dienone is 4. The quantitative estimate of drug-likeness (QED) is 0.693. The Balaban J connectivity index is 1.90. The smallest absolute Gasteiger partial charge is 0.196 e. The first-order valence-electron chi connectivity index (χ1n) is 9.17. The Morgan fingerprint density at radius 1 is 1.23 bits per heavy atom. The first-order chi connectivity index (χ1) is 12.0. The van der Waals surface area contributed by atoms with Gasteiger partial charge in [0.05, 0.1) is 11.1 Å². The molecule has 4 aliphatic rings. The van der Waals surface area contributed by atoms with Gasteiger partial charge in [0.15, 0.2) is 11.5 Å². The molecule has 26 heavy (non-hydrogen) atoms. The minimum atomic E-state index is -2.17. The van der Waals surface area contributed by atoms with Gasteiger partial charge in [0, 0.05) is 22.7 Å². The van der Waals surface area contributed by atoms with Crippen LogP contribution >= 0.6 is 11.6 Å². The maximum Gasteiger partial charge on any atom is 0.196 e. The van der Waals surface area contributed by atoms with Crippen LogP contribution in [0.15, 0.2) is 22.8 Å². The Morgan fingerprint density at radius 2 is 1.88 bits per heavy atom. The summed E-state index contributed by atoms with van der Waals surface area (Å²) in [6.07, 6.45) is -0.195. The third-order valence-corrected chi connectivity index (χ3v) is 7.99. The Hall–Kier alpha value is -1.07. The number of carbonyl (C=O) groups is 2. The van der Waals surface area contributed by atoms with E-state index in [1.54, 1.807) is 6.92 Å². The first-order valence-corrected chi connectivity index (χ1v) is 9.54. The molecule has 4 aliphatic carbocycles. The van der Waals surface area contributed by atoms with E-state index >= 15 is 8.78 Å². The molecule has 3 nitrogen and oxygen atoms in total. The van der Waals surface area contributed by atoms with E-state index in [9.17, 15) is 14.7 Å². The lowest BCUT2D eigenvalue weighted by atomic mass is 9.45. The number of halogens is 3. The van der Waals surface area contributed by atoms with Crippen LogP contribution in [0.4, 0.5) is 8.78 Å². The summed E-state index contributed by atoms with van der Waals surface area (Å²) < 4.78 is 31.8. The molecule has 1 N–H and O–H groups in total. The van der Waals surface area contributed by atoms with Crippen LogP contribution in [0.1, 0.15) is 40.0 Å². The molecule has 6 heteroatoms. The molecule has 0 aliphatic heterocycles. The van der Waals surface area contributed by atoms with Gasteiger partial charge in [-0.25, -0.2) is 8.78 Å². The summed E-state index contributed by atoms with van der Waals surface area (Å²) >= 11 is 5.99. The third kappa shape index (κ3) is 1.91. The van der Waals surface area contributed by atoms with E-state index in [-0.39, 0.29) is 41.1 Å². The van der Waals surface area contributed by atoms with Crippen molar-refractivity contribution >= 4 is 23.2 Å². The van der Waals surface area contributed by atoms with Crippen LogP contribution in [0.5, 0.6) is 0 Å². The maximum atomic E-state index is 16.7. The molecule has 3 saturated carbocycles. The molecule has 142 valence electrons. The maximum absolute atomic E-state index is 16.7. The molecular formula is C20H23ClF2O3. The van der Waals surface area contributed by atoms with Crippen LogP contribution in [0.2, 0.25) is 0 Å². The molecule has 0 aromatic rings. The van der Waals surface area contributed by atoms with Gasteiger partial charge in [-0.15, -0.1) is 0 Å². The van der Waals surface area contributed by atoms with Crippen LogP contribution in [0, 0.1) is 28.6 Å². The van der Waals surface area contributed by atoms with Gasteiger partial charge in [-0.1, -0.05) is 25.4 Å². The number of aliphatic hydroxyl groups is 1. The largest absolute Gasteiger partial charge is 0.390 e. The van der Waals surface area contributed by atoms with E-state index in [1.807, 2.05) is 6.92 Å². The number of Topliss-reactive ketones (excluding diaryl/α,β-unsaturated/α-hetero) is 1. The number of hydrogen-bond acceptors (Lipinski definition) is 3. The number of fused-ring (bicyclic) bond motifs is 5. The van der Waals surface area contributed by atoms with Gasteiger partial charge < -0.3 is 5.11 Å². The minimum absolute atomic E-state index is 0.00701. The minimum Gasteiger partial charge on any atom is -0.390 e. The van der Waals surface area contributed by atoms with Crippen molar-refractivity contribution in [3.8, 4) is 0 Å². The molecule has 3 fully saturated rings. The van der Waals surface area contributed by atoms with Crippen molar-refractivity contribution in [3.05, 3.63) is 22.8 Å². The third-order valence-electron chi connectivity index (χ3n) is 7.70. The van der Waals surface area contributed by atoms with Crippen LogP contribution in [-0.2, 0) is 9.59 Å². The van der Waals surface area contributed by atoms with Gasteiger partial charge in [0.1, 0.15) is 12.0 Å². The highest BCUT2D eigenvalue weighted by atomic mass is 35.5. The molecule has 0 bridgehead atoms. The average molecular weight is 385 g/mol. The van der Waals surface area contributed by atoms with Crippen molar-refractivity contribution in [2.75, 3.05) is 0 Å². The Kier molecular flexibility index (Phi) is 3.70. The summed E-state index contributed by atoms with van der Waals surface area (Å²) in [5.74, 6) is -1.88. The van der Waals surface area contributed by atoms with Gasteiger partial charge in [-0.3, -0.25) is 9.59 Å². The summed E-state index contributed by atoms with van der Waals surface area (Å²) in [5.41, 5.74) is -4.47. The van der Waals surface area contributed by atoms with Crippen LogP contribution in [-0.4, -0.2) is 34.6 Å². The molecule has 0 saturated heterocycles. The number of hydrogen-bond donors (Lipinski definition) is 1. The summed E-state index contributed by atoms with van der Waals surface area (Å²) in [4.78, 5) is 24.6. The topological polar surface area (TPSA) is 54.4 Å². The predicted octanol–water partition coefficient (Wildman–Crippen LogP) is 3.69.